The summed E-state index contributed by atoms with van der Waals surface area (Å²) in [7, 11) is 0. The number of benzene rings is 2. The fraction of sp³-hybridized carbons (Fsp3) is 0.304. The number of nitrogens with two attached hydrogens (primary N) is 1. The average molecular weight is 420 g/mol. The molecule has 3 rings (SSSR count). The van der Waals surface area contributed by atoms with Crippen LogP contribution in [0.4, 0.5) is 10.8 Å². The molecule has 6 heteroatoms. The van der Waals surface area contributed by atoms with Gasteiger partial charge in [0.25, 0.3) is 0 Å². The Bertz CT molecular complexity index is 1360. The van der Waals surface area contributed by atoms with Gasteiger partial charge in [-0.25, -0.2) is 4.98 Å². The lowest BCUT2D eigenvalue weighted by molar-refractivity contribution is -0.115. The third kappa shape index (κ3) is 6.69. The minimum Gasteiger partial charge on any atom is -0.388 e. The molecule has 0 aliphatic heterocycles. The fourth-order valence-corrected chi connectivity index (χ4v) is 2.80. The van der Waals surface area contributed by atoms with Crippen LogP contribution in [0.25, 0.3) is 0 Å². The van der Waals surface area contributed by atoms with Crippen molar-refractivity contribution in [3.05, 3.63) is 76.2 Å². The number of nitrogens with one attached hydrogen (secondary N) is 1. The molecule has 0 unspecified atom stereocenters. The van der Waals surface area contributed by atoms with E-state index < -0.39 is 48.8 Å². The first kappa shape index (κ1) is 11.5. The largest absolute Gasteiger partial charge is 0.388 e. The Morgan fingerprint density at radius 1 is 1.34 bits per heavy atom. The number of nitrogen functional groups attached to an aromatic ring is 1. The molecule has 3 aromatic rings. The van der Waals surface area contributed by atoms with Gasteiger partial charge in [-0.05, 0) is 49.4 Å². The van der Waals surface area contributed by atoms with Gasteiger partial charge < -0.3 is 16.2 Å². The van der Waals surface area contributed by atoms with E-state index in [0.29, 0.717) is 5.56 Å². The zero-order valence-corrected chi connectivity index (χ0v) is 16.5. The first-order valence-corrected chi connectivity index (χ1v) is 9.62. The highest BCUT2D eigenvalue weighted by Crippen LogP contribution is 2.21. The van der Waals surface area contributed by atoms with Crippen molar-refractivity contribution in [2.45, 2.75) is 45.0 Å². The van der Waals surface area contributed by atoms with Gasteiger partial charge in [0.05, 0.1) is 26.4 Å². The molecular weight excluding hydrogens is 382 g/mol. The molecule has 1 aromatic heterocycles. The van der Waals surface area contributed by atoms with Crippen LogP contribution < -0.4 is 11.1 Å². The Balaban J connectivity index is 1.67. The highest BCUT2D eigenvalue weighted by molar-refractivity contribution is 7.13. The summed E-state index contributed by atoms with van der Waals surface area (Å²) in [5, 5.41) is 12.8. The molecule has 0 bridgehead atoms. The van der Waals surface area contributed by atoms with Gasteiger partial charge >= 0.3 is 0 Å². The van der Waals surface area contributed by atoms with E-state index in [-0.39, 0.29) is 52.4 Å². The third-order valence-corrected chi connectivity index (χ3v) is 4.42. The summed E-state index contributed by atoms with van der Waals surface area (Å²) in [5.41, 5.74) is 5.44. The van der Waals surface area contributed by atoms with E-state index in [9.17, 15) is 9.90 Å². The van der Waals surface area contributed by atoms with Crippen LogP contribution in [0.5, 0.6) is 0 Å². The number of carbonyl (C=O) groups is 1. The van der Waals surface area contributed by atoms with Crippen molar-refractivity contribution in [3.8, 4) is 0 Å². The van der Waals surface area contributed by atoms with Crippen molar-refractivity contribution >= 4 is 28.1 Å². The van der Waals surface area contributed by atoms with E-state index in [4.69, 9.17) is 19.4 Å². The molecule has 0 aliphatic rings. The van der Waals surface area contributed by atoms with E-state index in [2.05, 4.69) is 10.3 Å². The molecule has 1 heterocycles. The van der Waals surface area contributed by atoms with E-state index in [1.165, 1.54) is 31.2 Å². The second-order valence-electron chi connectivity index (χ2n) is 6.15. The quantitative estimate of drug-likeness (QED) is 0.471. The number of thiazole rings is 1. The molecule has 0 saturated heterocycles. The number of carbonyl (C=O) groups excluding carboxylic acids is 1. The van der Waals surface area contributed by atoms with Crippen LogP contribution in [0.15, 0.2) is 53.8 Å². The zero-order chi connectivity index (χ0) is 29.5. The molecule has 0 saturated carbocycles. The Hall–Kier alpha value is -2.70. The topological polar surface area (TPSA) is 88.2 Å². The standard InChI is InChI=1S/C23H27N3O2S/c1-16-6-10-18(11-7-16)21(27)5-3-2-4-17-8-12-19(13-9-17)25-22(28)14-20-15-29-23(24)26-20/h6-13,15,21,27H,2-5,14H2,1H3,(H2,24,26)(H,25,28)/t21-/m0/s1/i2D2,6D,7D,10D,11D,14D2,15D,21D. The molecule has 4 N–H and O–H groups in total. The van der Waals surface area contributed by atoms with E-state index in [1.807, 2.05) is 0 Å². The summed E-state index contributed by atoms with van der Waals surface area (Å²) >= 11 is 0.749. The molecule has 0 aliphatic carbocycles. The number of anilines is 2. The predicted octanol–water partition coefficient (Wildman–Crippen LogP) is 4.66. The van der Waals surface area contributed by atoms with Gasteiger partial charge in [0, 0.05) is 16.5 Å². The molecule has 2 aromatic carbocycles. The van der Waals surface area contributed by atoms with Crippen molar-refractivity contribution in [1.82, 2.24) is 4.98 Å². The van der Waals surface area contributed by atoms with Crippen LogP contribution in [-0.4, -0.2) is 16.0 Å². The molecule has 0 radical (unpaired) electrons. The molecule has 0 fully saturated rings. The lowest BCUT2D eigenvalue weighted by Crippen LogP contribution is -2.14. The Labute approximate surface area is 189 Å². The highest BCUT2D eigenvalue weighted by atomic mass is 32.1. The van der Waals surface area contributed by atoms with Crippen molar-refractivity contribution in [3.63, 3.8) is 0 Å². The van der Waals surface area contributed by atoms with Crippen LogP contribution in [0, 0.1) is 6.92 Å². The van der Waals surface area contributed by atoms with Gasteiger partial charge in [0.2, 0.25) is 5.91 Å². The number of amides is 1. The van der Waals surface area contributed by atoms with E-state index >= 15 is 0 Å². The maximum absolute atomic E-state index is 12.5. The fourth-order valence-electron chi connectivity index (χ4n) is 2.37. The highest BCUT2D eigenvalue weighted by Gasteiger charge is 2.08. The summed E-state index contributed by atoms with van der Waals surface area (Å²) in [4.78, 5) is 16.3. The number of aliphatic hydroxyl groups is 1. The van der Waals surface area contributed by atoms with Gasteiger partial charge in [0.15, 0.2) is 5.13 Å². The van der Waals surface area contributed by atoms with Gasteiger partial charge in [-0.2, -0.15) is 0 Å². The summed E-state index contributed by atoms with van der Waals surface area (Å²) < 4.78 is 80.9. The molecular formula is C23H27N3O2S. The van der Waals surface area contributed by atoms with E-state index in [1.54, 1.807) is 0 Å². The maximum atomic E-state index is 12.5. The number of nitrogens with zero attached hydrogens (tertiary/aromatic N) is 1. The second-order valence-corrected chi connectivity index (χ2v) is 6.98. The Morgan fingerprint density at radius 2 is 2.07 bits per heavy atom. The van der Waals surface area contributed by atoms with Crippen LogP contribution in [0.1, 0.15) is 61.4 Å². The van der Waals surface area contributed by atoms with Crippen molar-refractivity contribution in [2.24, 2.45) is 0 Å². The summed E-state index contributed by atoms with van der Waals surface area (Å²) in [5.74, 6) is -1.05. The lowest BCUT2D eigenvalue weighted by Gasteiger charge is -2.11. The van der Waals surface area contributed by atoms with Crippen molar-refractivity contribution in [2.75, 3.05) is 11.1 Å². The smallest absolute Gasteiger partial charge is 0.230 e. The van der Waals surface area contributed by atoms with Crippen molar-refractivity contribution in [1.29, 1.82) is 0 Å². The normalized spacial score (nSPS) is 19.0. The van der Waals surface area contributed by atoms with Crippen molar-refractivity contribution < 1.29 is 23.6 Å². The predicted molar refractivity (Wildman–Crippen MR) is 119 cm³/mol. The van der Waals surface area contributed by atoms with Gasteiger partial charge in [-0.3, -0.25) is 4.79 Å². The van der Waals surface area contributed by atoms with Crippen LogP contribution in [0.2, 0.25) is 0 Å². The Kier molecular flexibility index (Phi) is 4.03. The van der Waals surface area contributed by atoms with Gasteiger partial charge in [-0.1, -0.05) is 48.3 Å². The summed E-state index contributed by atoms with van der Waals surface area (Å²) in [6.07, 6.45) is -8.02. The average Bonchev–Trinajstić information content (AvgIpc) is 3.20. The van der Waals surface area contributed by atoms with Crippen LogP contribution in [-0.2, 0) is 17.6 Å². The summed E-state index contributed by atoms with van der Waals surface area (Å²) in [6, 6.07) is 4.15. The molecule has 29 heavy (non-hydrogen) atoms. The second kappa shape index (κ2) is 10.2. The molecule has 5 nitrogen and oxygen atoms in total. The SMILES string of the molecule is [2H]c1sc(N)nc1C([2H])([2H])C(=O)Nc1ccc(CC([2H])([2H])CC[C@]([2H])(O)c2c([2H])c([2H])c(C)c([2H])c2[2H])cc1. The number of aryl methyl sites for hydroxylation is 1. The third-order valence-electron chi connectivity index (χ3n) is 3.82. The molecule has 0 spiro atoms. The first-order valence-electron chi connectivity index (χ1n) is 13.8. The minimum atomic E-state index is -2.61. The number of hydrogen-bond donors (Lipinski definition) is 3. The van der Waals surface area contributed by atoms with E-state index in [0.717, 1.165) is 11.3 Å². The summed E-state index contributed by atoms with van der Waals surface area (Å²) in [6.45, 7) is 1.41. The number of hydrogen-bond acceptors (Lipinski definition) is 5. The lowest BCUT2D eigenvalue weighted by atomic mass is 10.0. The first-order chi connectivity index (χ1) is 17.9. The molecule has 1 amide bonds. The number of aromatic nitrogens is 1. The van der Waals surface area contributed by atoms with Crippen LogP contribution >= 0.6 is 11.3 Å². The van der Waals surface area contributed by atoms with Gasteiger partial charge in [-0.15, -0.1) is 11.3 Å². The van der Waals surface area contributed by atoms with Gasteiger partial charge in [0.1, 0.15) is 0 Å². The number of rotatable bonds is 9. The monoisotopic (exact) mass is 419 g/mol. The maximum Gasteiger partial charge on any atom is 0.230 e. The Morgan fingerprint density at radius 3 is 2.72 bits per heavy atom. The van der Waals surface area contributed by atoms with Crippen LogP contribution in [0.3, 0.4) is 0 Å². The minimum absolute atomic E-state index is 0.0319. The zero-order valence-electron chi connectivity index (χ0n) is 25.7. The molecule has 152 valence electrons. The molecule has 1 atom stereocenters.